The lowest BCUT2D eigenvalue weighted by molar-refractivity contribution is 0.501. The van der Waals surface area contributed by atoms with Crippen molar-refractivity contribution in [3.05, 3.63) is 63.9 Å². The van der Waals surface area contributed by atoms with Crippen LogP contribution in [0.25, 0.3) is 0 Å². The van der Waals surface area contributed by atoms with Gasteiger partial charge < -0.3 is 11.1 Å². The molecule has 112 valence electrons. The molecule has 0 heterocycles. The highest BCUT2D eigenvalue weighted by Gasteiger charge is 2.25. The van der Waals surface area contributed by atoms with Gasteiger partial charge >= 0.3 is 0 Å². The highest BCUT2D eigenvalue weighted by atomic mass is 79.9. The molecule has 0 bridgehead atoms. The summed E-state index contributed by atoms with van der Waals surface area (Å²) in [5, 5.41) is 3.45. The average Bonchev–Trinajstić information content (AvgIpc) is 2.45. The molecule has 0 radical (unpaired) electrons. The topological polar surface area (TPSA) is 38.0 Å². The monoisotopic (exact) mass is 350 g/mol. The number of benzene rings is 2. The van der Waals surface area contributed by atoms with Crippen molar-refractivity contribution in [2.45, 2.75) is 25.8 Å². The molecule has 0 amide bonds. The van der Waals surface area contributed by atoms with Crippen molar-refractivity contribution in [2.24, 2.45) is 5.73 Å². The lowest BCUT2D eigenvalue weighted by atomic mass is 9.92. The van der Waals surface area contributed by atoms with Gasteiger partial charge in [-0.1, -0.05) is 24.3 Å². The zero-order valence-electron chi connectivity index (χ0n) is 12.3. The molecule has 0 aliphatic carbocycles. The van der Waals surface area contributed by atoms with Crippen molar-refractivity contribution in [2.75, 3.05) is 11.9 Å². The minimum absolute atomic E-state index is 0.192. The SMILES string of the molecule is Cc1ccc(Br)c(NC(C)(CN)Cc2ccccc2F)c1. The third-order valence-corrected chi connectivity index (χ3v) is 4.24. The van der Waals surface area contributed by atoms with Crippen LogP contribution in [0.2, 0.25) is 0 Å². The molecule has 1 unspecified atom stereocenters. The van der Waals surface area contributed by atoms with E-state index < -0.39 is 5.54 Å². The molecule has 0 saturated heterocycles. The number of nitrogens with one attached hydrogen (secondary N) is 1. The third kappa shape index (κ3) is 4.05. The highest BCUT2D eigenvalue weighted by molar-refractivity contribution is 9.10. The summed E-state index contributed by atoms with van der Waals surface area (Å²) >= 11 is 3.53. The Bertz CT molecular complexity index is 630. The van der Waals surface area contributed by atoms with E-state index in [4.69, 9.17) is 5.73 Å². The van der Waals surface area contributed by atoms with Gasteiger partial charge in [0.05, 0.1) is 5.54 Å². The van der Waals surface area contributed by atoms with E-state index in [1.54, 1.807) is 12.1 Å². The van der Waals surface area contributed by atoms with Crippen molar-refractivity contribution < 1.29 is 4.39 Å². The van der Waals surface area contributed by atoms with Crippen LogP contribution >= 0.6 is 15.9 Å². The van der Waals surface area contributed by atoms with Crippen LogP contribution in [0.15, 0.2) is 46.9 Å². The van der Waals surface area contributed by atoms with Gasteiger partial charge in [0.25, 0.3) is 0 Å². The summed E-state index contributed by atoms with van der Waals surface area (Å²) < 4.78 is 14.8. The first-order valence-electron chi connectivity index (χ1n) is 6.91. The Kier molecular flexibility index (Phi) is 5.01. The van der Waals surface area contributed by atoms with Crippen molar-refractivity contribution in [1.82, 2.24) is 0 Å². The zero-order valence-corrected chi connectivity index (χ0v) is 13.9. The van der Waals surface area contributed by atoms with E-state index in [9.17, 15) is 4.39 Å². The van der Waals surface area contributed by atoms with E-state index in [2.05, 4.69) is 27.3 Å². The predicted molar refractivity (Wildman–Crippen MR) is 90.1 cm³/mol. The van der Waals surface area contributed by atoms with E-state index >= 15 is 0 Å². The second kappa shape index (κ2) is 6.58. The number of rotatable bonds is 5. The van der Waals surface area contributed by atoms with Gasteiger partial charge in [-0.2, -0.15) is 0 Å². The Hall–Kier alpha value is -1.39. The van der Waals surface area contributed by atoms with Crippen molar-refractivity contribution >= 4 is 21.6 Å². The molecule has 2 nitrogen and oxygen atoms in total. The molecule has 2 aromatic carbocycles. The first kappa shape index (κ1) is 16.0. The van der Waals surface area contributed by atoms with Gasteiger partial charge in [-0.15, -0.1) is 0 Å². The fraction of sp³-hybridized carbons (Fsp3) is 0.294. The summed E-state index contributed by atoms with van der Waals surface area (Å²) in [6.07, 6.45) is 0.524. The minimum atomic E-state index is -0.418. The lowest BCUT2D eigenvalue weighted by Gasteiger charge is -2.31. The summed E-state index contributed by atoms with van der Waals surface area (Å²) in [7, 11) is 0. The van der Waals surface area contributed by atoms with Gasteiger partial charge in [0.2, 0.25) is 0 Å². The molecule has 0 aliphatic heterocycles. The maximum absolute atomic E-state index is 13.9. The molecule has 4 heteroatoms. The molecule has 2 rings (SSSR count). The van der Waals surface area contributed by atoms with Crippen LogP contribution in [0.3, 0.4) is 0 Å². The second-order valence-electron chi connectivity index (χ2n) is 5.64. The molecule has 0 aromatic heterocycles. The standard InChI is InChI=1S/C17H20BrFN2/c1-12-7-8-14(18)16(9-12)21-17(2,11-20)10-13-5-3-4-6-15(13)19/h3-9,21H,10-11,20H2,1-2H3. The second-order valence-corrected chi connectivity index (χ2v) is 6.50. The van der Waals surface area contributed by atoms with Crippen molar-refractivity contribution in [3.63, 3.8) is 0 Å². The van der Waals surface area contributed by atoms with Crippen LogP contribution in [0.5, 0.6) is 0 Å². The number of halogens is 2. The van der Waals surface area contributed by atoms with Crippen LogP contribution < -0.4 is 11.1 Å². The van der Waals surface area contributed by atoms with Gasteiger partial charge in [-0.05, 0) is 65.5 Å². The Labute approximate surface area is 133 Å². The predicted octanol–water partition coefficient (Wildman–Crippen LogP) is 4.27. The Morgan fingerprint density at radius 3 is 2.62 bits per heavy atom. The fourth-order valence-electron chi connectivity index (χ4n) is 2.29. The van der Waals surface area contributed by atoms with E-state index in [1.807, 2.05) is 32.0 Å². The quantitative estimate of drug-likeness (QED) is 0.844. The molecule has 2 aromatic rings. The Morgan fingerprint density at radius 1 is 1.24 bits per heavy atom. The van der Waals surface area contributed by atoms with E-state index in [0.29, 0.717) is 18.5 Å². The van der Waals surface area contributed by atoms with Crippen LogP contribution in [-0.2, 0) is 6.42 Å². The fourth-order valence-corrected chi connectivity index (χ4v) is 2.64. The highest BCUT2D eigenvalue weighted by Crippen LogP contribution is 2.28. The van der Waals surface area contributed by atoms with Crippen LogP contribution in [0.4, 0.5) is 10.1 Å². The first-order chi connectivity index (χ1) is 9.93. The van der Waals surface area contributed by atoms with E-state index in [0.717, 1.165) is 15.7 Å². The van der Waals surface area contributed by atoms with Gasteiger partial charge in [0.1, 0.15) is 5.82 Å². The van der Waals surface area contributed by atoms with Crippen LogP contribution in [-0.4, -0.2) is 12.1 Å². The molecular weight excluding hydrogens is 331 g/mol. The molecule has 21 heavy (non-hydrogen) atoms. The van der Waals surface area contributed by atoms with Gasteiger partial charge in [0, 0.05) is 16.7 Å². The molecule has 0 aliphatic rings. The molecule has 3 N–H and O–H groups in total. The van der Waals surface area contributed by atoms with Crippen molar-refractivity contribution in [1.29, 1.82) is 0 Å². The van der Waals surface area contributed by atoms with E-state index in [1.165, 1.54) is 6.07 Å². The first-order valence-corrected chi connectivity index (χ1v) is 7.71. The minimum Gasteiger partial charge on any atom is -0.377 e. The zero-order chi connectivity index (χ0) is 15.5. The normalized spacial score (nSPS) is 13.8. The third-order valence-electron chi connectivity index (χ3n) is 3.55. The van der Waals surface area contributed by atoms with Crippen LogP contribution in [0, 0.1) is 12.7 Å². The summed E-state index contributed by atoms with van der Waals surface area (Å²) in [5.41, 5.74) is 8.32. The summed E-state index contributed by atoms with van der Waals surface area (Å²) in [6.45, 7) is 4.45. The number of anilines is 1. The van der Waals surface area contributed by atoms with E-state index in [-0.39, 0.29) is 5.82 Å². The molecular formula is C17H20BrFN2. The van der Waals surface area contributed by atoms with Crippen LogP contribution in [0.1, 0.15) is 18.1 Å². The maximum atomic E-state index is 13.9. The summed E-state index contributed by atoms with van der Waals surface area (Å²) in [5.74, 6) is -0.192. The van der Waals surface area contributed by atoms with Crippen molar-refractivity contribution in [3.8, 4) is 0 Å². The maximum Gasteiger partial charge on any atom is 0.126 e. The number of nitrogens with two attached hydrogens (primary N) is 1. The molecule has 0 fully saturated rings. The summed E-state index contributed by atoms with van der Waals surface area (Å²) in [6, 6.07) is 12.9. The smallest absolute Gasteiger partial charge is 0.126 e. The van der Waals surface area contributed by atoms with Gasteiger partial charge in [0.15, 0.2) is 0 Å². The number of aryl methyl sites for hydroxylation is 1. The largest absolute Gasteiger partial charge is 0.377 e. The number of hydrogen-bond donors (Lipinski definition) is 2. The Morgan fingerprint density at radius 2 is 1.95 bits per heavy atom. The average molecular weight is 351 g/mol. The molecule has 0 spiro atoms. The Balaban J connectivity index is 2.25. The molecule has 0 saturated carbocycles. The van der Waals surface area contributed by atoms with Gasteiger partial charge in [-0.3, -0.25) is 0 Å². The molecule has 1 atom stereocenters. The lowest BCUT2D eigenvalue weighted by Crippen LogP contribution is -2.44. The summed E-state index contributed by atoms with van der Waals surface area (Å²) in [4.78, 5) is 0. The number of hydrogen-bond acceptors (Lipinski definition) is 2. The van der Waals surface area contributed by atoms with Gasteiger partial charge in [-0.25, -0.2) is 4.39 Å².